The quantitative estimate of drug-likeness (QED) is 0.817. The molecule has 0 bridgehead atoms. The smallest absolute Gasteiger partial charge is 0.274 e. The molecule has 6 heteroatoms. The molecule has 1 aliphatic rings. The molecular formula is C12H20N2O3S. The summed E-state index contributed by atoms with van der Waals surface area (Å²) >= 11 is 0. The topological polar surface area (TPSA) is 85.3 Å². The minimum atomic E-state index is -3.54. The molecule has 1 saturated carbocycles. The summed E-state index contributed by atoms with van der Waals surface area (Å²) in [5, 5.41) is -0.0350. The molecule has 1 aromatic rings. The SMILES string of the molecule is NCc1ccc(S(=O)(=O)NC2CCCCCC2)o1. The van der Waals surface area contributed by atoms with Crippen molar-refractivity contribution in [3.63, 3.8) is 0 Å². The van der Waals surface area contributed by atoms with Crippen molar-refractivity contribution >= 4 is 10.0 Å². The number of nitrogens with two attached hydrogens (primary N) is 1. The molecule has 5 nitrogen and oxygen atoms in total. The van der Waals surface area contributed by atoms with Gasteiger partial charge in [-0.25, -0.2) is 13.1 Å². The van der Waals surface area contributed by atoms with Crippen LogP contribution in [0, 0.1) is 0 Å². The number of hydrogen-bond donors (Lipinski definition) is 2. The molecule has 1 aliphatic carbocycles. The number of furan rings is 1. The summed E-state index contributed by atoms with van der Waals surface area (Å²) in [5.74, 6) is 0.483. The lowest BCUT2D eigenvalue weighted by molar-refractivity contribution is 0.407. The van der Waals surface area contributed by atoms with Crippen LogP contribution in [0.15, 0.2) is 21.6 Å². The van der Waals surface area contributed by atoms with Crippen molar-refractivity contribution in [3.8, 4) is 0 Å². The Balaban J connectivity index is 2.06. The number of sulfonamides is 1. The van der Waals surface area contributed by atoms with E-state index < -0.39 is 10.0 Å². The maximum absolute atomic E-state index is 12.1. The normalized spacial score (nSPS) is 18.7. The second-order valence-corrected chi connectivity index (χ2v) is 6.38. The van der Waals surface area contributed by atoms with Crippen molar-refractivity contribution < 1.29 is 12.8 Å². The maximum atomic E-state index is 12.1. The van der Waals surface area contributed by atoms with Gasteiger partial charge in [0.25, 0.3) is 10.0 Å². The van der Waals surface area contributed by atoms with E-state index in [2.05, 4.69) is 4.72 Å². The first kappa shape index (κ1) is 13.6. The molecule has 1 aromatic heterocycles. The first-order valence-electron chi connectivity index (χ1n) is 6.43. The largest absolute Gasteiger partial charge is 0.447 e. The highest BCUT2D eigenvalue weighted by Gasteiger charge is 2.23. The average molecular weight is 272 g/mol. The molecule has 2 rings (SSSR count). The third kappa shape index (κ3) is 3.34. The lowest BCUT2D eigenvalue weighted by Gasteiger charge is -2.14. The zero-order valence-corrected chi connectivity index (χ0v) is 11.2. The second kappa shape index (κ2) is 5.86. The minimum Gasteiger partial charge on any atom is -0.447 e. The molecule has 0 unspecified atom stereocenters. The summed E-state index contributed by atoms with van der Waals surface area (Å²) in [6.07, 6.45) is 6.36. The van der Waals surface area contributed by atoms with Crippen molar-refractivity contribution in [2.45, 2.75) is 56.2 Å². The summed E-state index contributed by atoms with van der Waals surface area (Å²) in [7, 11) is -3.54. The molecule has 0 amide bonds. The van der Waals surface area contributed by atoms with Crippen LogP contribution >= 0.6 is 0 Å². The molecule has 102 valence electrons. The van der Waals surface area contributed by atoms with Gasteiger partial charge in [-0.15, -0.1) is 0 Å². The van der Waals surface area contributed by atoms with Crippen LogP contribution in [0.25, 0.3) is 0 Å². The fraction of sp³-hybridized carbons (Fsp3) is 0.667. The fourth-order valence-corrected chi connectivity index (χ4v) is 3.54. The van der Waals surface area contributed by atoms with Gasteiger partial charge in [-0.05, 0) is 25.0 Å². The van der Waals surface area contributed by atoms with Crippen LogP contribution < -0.4 is 10.5 Å². The summed E-state index contributed by atoms with van der Waals surface area (Å²) in [4.78, 5) is 0. The first-order chi connectivity index (χ1) is 8.62. The van der Waals surface area contributed by atoms with Gasteiger partial charge in [0.2, 0.25) is 5.09 Å². The van der Waals surface area contributed by atoms with Crippen LogP contribution in [0.5, 0.6) is 0 Å². The number of rotatable bonds is 4. The summed E-state index contributed by atoms with van der Waals surface area (Å²) in [6.45, 7) is 0.207. The van der Waals surface area contributed by atoms with Gasteiger partial charge in [0, 0.05) is 6.04 Å². The van der Waals surface area contributed by atoms with Gasteiger partial charge in [0.15, 0.2) is 0 Å². The molecule has 0 saturated heterocycles. The third-order valence-corrected chi connectivity index (χ3v) is 4.67. The van der Waals surface area contributed by atoms with Crippen LogP contribution in [0.4, 0.5) is 0 Å². The number of nitrogens with one attached hydrogen (secondary N) is 1. The zero-order valence-electron chi connectivity index (χ0n) is 10.4. The molecule has 18 heavy (non-hydrogen) atoms. The molecule has 0 aliphatic heterocycles. The van der Waals surface area contributed by atoms with E-state index in [9.17, 15) is 8.42 Å². The minimum absolute atomic E-state index is 0.0314. The van der Waals surface area contributed by atoms with E-state index in [1.165, 1.54) is 18.9 Å². The summed E-state index contributed by atoms with van der Waals surface area (Å²) in [6, 6.07) is 3.09. The summed E-state index contributed by atoms with van der Waals surface area (Å²) in [5.41, 5.74) is 5.40. The molecule has 1 fully saturated rings. The monoisotopic (exact) mass is 272 g/mol. The molecule has 0 aromatic carbocycles. The molecule has 0 radical (unpaired) electrons. The van der Waals surface area contributed by atoms with Gasteiger partial charge < -0.3 is 10.2 Å². The average Bonchev–Trinajstić information content (AvgIpc) is 2.70. The molecule has 0 spiro atoms. The summed E-state index contributed by atoms with van der Waals surface area (Å²) < 4.78 is 32.1. The van der Waals surface area contributed by atoms with E-state index in [1.807, 2.05) is 0 Å². The van der Waals surface area contributed by atoms with Crippen molar-refractivity contribution in [3.05, 3.63) is 17.9 Å². The molecular weight excluding hydrogens is 252 g/mol. The lowest BCUT2D eigenvalue weighted by atomic mass is 10.1. The Labute approximate surface area is 108 Å². The van der Waals surface area contributed by atoms with E-state index in [0.717, 1.165) is 25.7 Å². The van der Waals surface area contributed by atoms with E-state index >= 15 is 0 Å². The van der Waals surface area contributed by atoms with E-state index in [-0.39, 0.29) is 17.7 Å². The number of hydrogen-bond acceptors (Lipinski definition) is 4. The van der Waals surface area contributed by atoms with E-state index in [0.29, 0.717) is 5.76 Å². The van der Waals surface area contributed by atoms with Crippen molar-refractivity contribution in [2.24, 2.45) is 5.73 Å². The predicted octanol–water partition coefficient (Wildman–Crippen LogP) is 1.74. The Morgan fingerprint density at radius 1 is 1.22 bits per heavy atom. The van der Waals surface area contributed by atoms with Gasteiger partial charge in [0.1, 0.15) is 5.76 Å². The highest BCUT2D eigenvalue weighted by atomic mass is 32.2. The van der Waals surface area contributed by atoms with E-state index in [1.54, 1.807) is 6.07 Å². The predicted molar refractivity (Wildman–Crippen MR) is 68.4 cm³/mol. The van der Waals surface area contributed by atoms with Crippen molar-refractivity contribution in [1.82, 2.24) is 4.72 Å². The Hall–Kier alpha value is -0.850. The Kier molecular flexibility index (Phi) is 4.42. The molecule has 0 atom stereocenters. The third-order valence-electron chi connectivity index (χ3n) is 3.28. The lowest BCUT2D eigenvalue weighted by Crippen LogP contribution is -2.34. The van der Waals surface area contributed by atoms with Gasteiger partial charge in [0.05, 0.1) is 6.54 Å². The van der Waals surface area contributed by atoms with Crippen LogP contribution in [0.2, 0.25) is 0 Å². The van der Waals surface area contributed by atoms with Crippen LogP contribution in [-0.2, 0) is 16.6 Å². The van der Waals surface area contributed by atoms with Gasteiger partial charge in [-0.3, -0.25) is 0 Å². The van der Waals surface area contributed by atoms with Crippen molar-refractivity contribution in [2.75, 3.05) is 0 Å². The second-order valence-electron chi connectivity index (χ2n) is 4.73. The van der Waals surface area contributed by atoms with Gasteiger partial charge in [-0.2, -0.15) is 0 Å². The Bertz CT molecular complexity index is 473. The molecule has 3 N–H and O–H groups in total. The Morgan fingerprint density at radius 2 is 1.89 bits per heavy atom. The zero-order chi connectivity index (χ0) is 13.0. The van der Waals surface area contributed by atoms with Crippen LogP contribution in [-0.4, -0.2) is 14.5 Å². The standard InChI is InChI=1S/C12H20N2O3S/c13-9-11-7-8-12(17-11)18(15,16)14-10-5-3-1-2-4-6-10/h7-8,10,14H,1-6,9,13H2. The van der Waals surface area contributed by atoms with Crippen molar-refractivity contribution in [1.29, 1.82) is 0 Å². The van der Waals surface area contributed by atoms with Crippen LogP contribution in [0.1, 0.15) is 44.3 Å². The maximum Gasteiger partial charge on any atom is 0.274 e. The first-order valence-corrected chi connectivity index (χ1v) is 7.91. The highest BCUT2D eigenvalue weighted by Crippen LogP contribution is 2.20. The van der Waals surface area contributed by atoms with Crippen LogP contribution in [0.3, 0.4) is 0 Å². The fourth-order valence-electron chi connectivity index (χ4n) is 2.29. The Morgan fingerprint density at radius 3 is 2.44 bits per heavy atom. The van der Waals surface area contributed by atoms with E-state index in [4.69, 9.17) is 10.2 Å². The molecule has 1 heterocycles. The van der Waals surface area contributed by atoms with Gasteiger partial charge >= 0.3 is 0 Å². The van der Waals surface area contributed by atoms with Gasteiger partial charge in [-0.1, -0.05) is 25.7 Å². The highest BCUT2D eigenvalue weighted by molar-refractivity contribution is 7.89.